The molecule has 0 radical (unpaired) electrons. The van der Waals surface area contributed by atoms with E-state index in [-0.39, 0.29) is 23.6 Å². The smallest absolute Gasteiger partial charge is 0.256 e. The van der Waals surface area contributed by atoms with Crippen molar-refractivity contribution in [3.63, 3.8) is 0 Å². The molecule has 1 aliphatic rings. The summed E-state index contributed by atoms with van der Waals surface area (Å²) < 4.78 is 18.8. The molecule has 4 nitrogen and oxygen atoms in total. The molecule has 0 aliphatic carbocycles. The second kappa shape index (κ2) is 5.57. The summed E-state index contributed by atoms with van der Waals surface area (Å²) in [5.41, 5.74) is 0.0992. The van der Waals surface area contributed by atoms with Crippen LogP contribution in [-0.2, 0) is 0 Å². The summed E-state index contributed by atoms with van der Waals surface area (Å²) in [5.74, 6) is -0.389. The number of rotatable bonds is 2. The molecule has 0 bridgehead atoms. The molecule has 1 heterocycles. The van der Waals surface area contributed by atoms with Crippen molar-refractivity contribution in [3.05, 3.63) is 29.6 Å². The van der Waals surface area contributed by atoms with Gasteiger partial charge in [0.15, 0.2) is 0 Å². The standard InChI is InChI=1S/C14H19FN2O2/c1-9-7-17(8-10(2)16-9)14(18)12-5-4-11(19-3)6-13(12)15/h4-6,9-10,16H,7-8H2,1-3H3/t9-,10-/m1/s1. The van der Waals surface area contributed by atoms with Gasteiger partial charge in [-0.3, -0.25) is 4.79 Å². The van der Waals surface area contributed by atoms with E-state index in [4.69, 9.17) is 4.74 Å². The Bertz CT molecular complexity index is 469. The van der Waals surface area contributed by atoms with E-state index in [9.17, 15) is 9.18 Å². The molecule has 104 valence electrons. The number of piperazine rings is 1. The van der Waals surface area contributed by atoms with E-state index in [2.05, 4.69) is 5.32 Å². The zero-order chi connectivity index (χ0) is 14.0. The highest BCUT2D eigenvalue weighted by atomic mass is 19.1. The molecule has 1 fully saturated rings. The van der Waals surface area contributed by atoms with Crippen LogP contribution in [0.25, 0.3) is 0 Å². The summed E-state index contributed by atoms with van der Waals surface area (Å²) in [7, 11) is 1.47. The fourth-order valence-corrected chi connectivity index (χ4v) is 2.46. The molecule has 1 aromatic rings. The van der Waals surface area contributed by atoms with Crippen LogP contribution in [-0.4, -0.2) is 43.1 Å². The van der Waals surface area contributed by atoms with Gasteiger partial charge < -0.3 is 15.0 Å². The highest BCUT2D eigenvalue weighted by Gasteiger charge is 2.27. The van der Waals surface area contributed by atoms with Crippen LogP contribution in [0, 0.1) is 5.82 Å². The summed E-state index contributed by atoms with van der Waals surface area (Å²) in [6, 6.07) is 4.75. The minimum atomic E-state index is -0.539. The molecule has 2 rings (SSSR count). The van der Waals surface area contributed by atoms with Gasteiger partial charge >= 0.3 is 0 Å². The van der Waals surface area contributed by atoms with E-state index in [0.29, 0.717) is 18.8 Å². The van der Waals surface area contributed by atoms with Gasteiger partial charge in [0.25, 0.3) is 5.91 Å². The van der Waals surface area contributed by atoms with Gasteiger partial charge in [-0.25, -0.2) is 4.39 Å². The number of ether oxygens (including phenoxy) is 1. The number of nitrogens with zero attached hydrogens (tertiary/aromatic N) is 1. The van der Waals surface area contributed by atoms with Gasteiger partial charge in [-0.1, -0.05) is 0 Å². The van der Waals surface area contributed by atoms with Crippen molar-refractivity contribution < 1.29 is 13.9 Å². The fourth-order valence-electron chi connectivity index (χ4n) is 2.46. The van der Waals surface area contributed by atoms with Crippen molar-refractivity contribution in [2.24, 2.45) is 0 Å². The quantitative estimate of drug-likeness (QED) is 0.885. The molecule has 2 atom stereocenters. The van der Waals surface area contributed by atoms with E-state index in [1.54, 1.807) is 11.0 Å². The van der Waals surface area contributed by atoms with Crippen molar-refractivity contribution >= 4 is 5.91 Å². The molecule has 0 aromatic heterocycles. The Labute approximate surface area is 112 Å². The minimum absolute atomic E-state index is 0.0992. The Balaban J connectivity index is 2.19. The number of amides is 1. The lowest BCUT2D eigenvalue weighted by molar-refractivity contribution is 0.0669. The van der Waals surface area contributed by atoms with Gasteiger partial charge in [-0.05, 0) is 26.0 Å². The van der Waals surface area contributed by atoms with Gasteiger partial charge in [-0.15, -0.1) is 0 Å². The number of nitrogens with one attached hydrogen (secondary N) is 1. The second-order valence-corrected chi connectivity index (χ2v) is 5.02. The summed E-state index contributed by atoms with van der Waals surface area (Å²) in [6.07, 6.45) is 0. The second-order valence-electron chi connectivity index (χ2n) is 5.02. The van der Waals surface area contributed by atoms with E-state index in [1.165, 1.54) is 19.2 Å². The first-order valence-corrected chi connectivity index (χ1v) is 6.40. The third-order valence-electron chi connectivity index (χ3n) is 3.25. The van der Waals surface area contributed by atoms with Crippen LogP contribution in [0.2, 0.25) is 0 Å². The molecule has 0 unspecified atom stereocenters. The van der Waals surface area contributed by atoms with Gasteiger partial charge in [0.05, 0.1) is 12.7 Å². The average molecular weight is 266 g/mol. The largest absolute Gasteiger partial charge is 0.497 e. The normalized spacial score (nSPS) is 23.3. The maximum Gasteiger partial charge on any atom is 0.256 e. The first-order chi connectivity index (χ1) is 9.01. The highest BCUT2D eigenvalue weighted by Crippen LogP contribution is 2.19. The SMILES string of the molecule is COc1ccc(C(=O)N2C[C@@H](C)N[C@H](C)C2)c(F)c1. The summed E-state index contributed by atoms with van der Waals surface area (Å²) in [6.45, 7) is 5.21. The molecule has 1 aliphatic heterocycles. The summed E-state index contributed by atoms with van der Waals surface area (Å²) >= 11 is 0. The van der Waals surface area contributed by atoms with Crippen molar-refractivity contribution in [1.82, 2.24) is 10.2 Å². The lowest BCUT2D eigenvalue weighted by Gasteiger charge is -2.36. The van der Waals surface area contributed by atoms with Gasteiger partial charge in [-0.2, -0.15) is 0 Å². The van der Waals surface area contributed by atoms with Crippen LogP contribution >= 0.6 is 0 Å². The number of carbonyl (C=O) groups excluding carboxylic acids is 1. The topological polar surface area (TPSA) is 41.6 Å². The molecule has 19 heavy (non-hydrogen) atoms. The van der Waals surface area contributed by atoms with Gasteiger partial charge in [0.2, 0.25) is 0 Å². The molecule has 1 saturated heterocycles. The molecule has 0 spiro atoms. The Morgan fingerprint density at radius 1 is 1.37 bits per heavy atom. The van der Waals surface area contributed by atoms with Crippen LogP contribution in [0.4, 0.5) is 4.39 Å². The Morgan fingerprint density at radius 2 is 2.00 bits per heavy atom. The third-order valence-corrected chi connectivity index (χ3v) is 3.25. The Hall–Kier alpha value is -1.62. The van der Waals surface area contributed by atoms with E-state index in [1.807, 2.05) is 13.8 Å². The number of halogens is 1. The van der Waals surface area contributed by atoms with Crippen LogP contribution in [0.15, 0.2) is 18.2 Å². The Morgan fingerprint density at radius 3 is 2.53 bits per heavy atom. The molecule has 1 amide bonds. The lowest BCUT2D eigenvalue weighted by Crippen LogP contribution is -2.55. The molecular weight excluding hydrogens is 247 g/mol. The molecule has 5 heteroatoms. The van der Waals surface area contributed by atoms with Crippen LogP contribution < -0.4 is 10.1 Å². The first-order valence-electron chi connectivity index (χ1n) is 6.40. The minimum Gasteiger partial charge on any atom is -0.497 e. The van der Waals surface area contributed by atoms with Crippen molar-refractivity contribution in [2.45, 2.75) is 25.9 Å². The number of benzene rings is 1. The van der Waals surface area contributed by atoms with Crippen LogP contribution in [0.1, 0.15) is 24.2 Å². The van der Waals surface area contributed by atoms with Crippen molar-refractivity contribution in [3.8, 4) is 5.75 Å². The average Bonchev–Trinajstić information content (AvgIpc) is 2.36. The fraction of sp³-hybridized carbons (Fsp3) is 0.500. The number of carbonyl (C=O) groups is 1. The molecular formula is C14H19FN2O2. The lowest BCUT2D eigenvalue weighted by atomic mass is 10.1. The summed E-state index contributed by atoms with van der Waals surface area (Å²) in [5, 5.41) is 3.34. The molecule has 1 aromatic carbocycles. The maximum absolute atomic E-state index is 13.9. The molecule has 1 N–H and O–H groups in total. The van der Waals surface area contributed by atoms with Crippen molar-refractivity contribution in [1.29, 1.82) is 0 Å². The van der Waals surface area contributed by atoms with Crippen LogP contribution in [0.5, 0.6) is 5.75 Å². The molecule has 0 saturated carbocycles. The third kappa shape index (κ3) is 3.04. The number of hydrogen-bond donors (Lipinski definition) is 1. The zero-order valence-corrected chi connectivity index (χ0v) is 11.4. The monoisotopic (exact) mass is 266 g/mol. The van der Waals surface area contributed by atoms with E-state index >= 15 is 0 Å². The highest BCUT2D eigenvalue weighted by molar-refractivity contribution is 5.94. The number of methoxy groups -OCH3 is 1. The van der Waals surface area contributed by atoms with Crippen molar-refractivity contribution in [2.75, 3.05) is 20.2 Å². The Kier molecular flexibility index (Phi) is 4.04. The predicted octanol–water partition coefficient (Wildman–Crippen LogP) is 1.66. The summed E-state index contributed by atoms with van der Waals surface area (Å²) in [4.78, 5) is 14.0. The zero-order valence-electron chi connectivity index (χ0n) is 11.4. The van der Waals surface area contributed by atoms with E-state index < -0.39 is 5.82 Å². The van der Waals surface area contributed by atoms with Crippen LogP contribution in [0.3, 0.4) is 0 Å². The number of hydrogen-bond acceptors (Lipinski definition) is 3. The first kappa shape index (κ1) is 13.8. The van der Waals surface area contributed by atoms with Gasteiger partial charge in [0.1, 0.15) is 11.6 Å². The van der Waals surface area contributed by atoms with Gasteiger partial charge in [0, 0.05) is 31.2 Å². The predicted molar refractivity (Wildman–Crippen MR) is 70.9 cm³/mol. The maximum atomic E-state index is 13.9. The van der Waals surface area contributed by atoms with E-state index in [0.717, 1.165) is 0 Å².